The first-order chi connectivity index (χ1) is 17.1. The third-order valence-electron chi connectivity index (χ3n) is 7.35. The van der Waals surface area contributed by atoms with Crippen LogP contribution in [0.1, 0.15) is 53.1 Å². The van der Waals surface area contributed by atoms with Gasteiger partial charge in [0, 0.05) is 31.7 Å². The van der Waals surface area contributed by atoms with Crippen LogP contribution in [0.4, 0.5) is 5.69 Å². The van der Waals surface area contributed by atoms with Crippen molar-refractivity contribution in [2.45, 2.75) is 50.6 Å². The lowest BCUT2D eigenvalue weighted by Gasteiger charge is -2.46. The summed E-state index contributed by atoms with van der Waals surface area (Å²) in [7, 11) is -2.01. The van der Waals surface area contributed by atoms with Crippen molar-refractivity contribution in [2.75, 3.05) is 37.2 Å². The number of benzene rings is 2. The van der Waals surface area contributed by atoms with Crippen LogP contribution in [0.25, 0.3) is 0 Å². The molecular formula is C27H36N4O4S. The maximum absolute atomic E-state index is 12.6. The lowest BCUT2D eigenvalue weighted by molar-refractivity contribution is -0.122. The Morgan fingerprint density at radius 1 is 1.03 bits per heavy atom. The number of likely N-dealkylation sites (tertiary alicyclic amines) is 1. The lowest BCUT2D eigenvalue weighted by Crippen LogP contribution is -2.63. The number of carbonyl (C=O) groups is 2. The normalized spacial score (nSPS) is 20.9. The van der Waals surface area contributed by atoms with E-state index in [2.05, 4.69) is 45.9 Å². The predicted octanol–water partition coefficient (Wildman–Crippen LogP) is 2.65. The number of anilines is 1. The first-order valence-electron chi connectivity index (χ1n) is 12.5. The zero-order valence-electron chi connectivity index (χ0n) is 21.2. The molecule has 9 heteroatoms. The molecule has 4 rings (SSSR count). The molecule has 1 aliphatic heterocycles. The summed E-state index contributed by atoms with van der Waals surface area (Å²) in [5.74, 6) is 0.0171. The highest BCUT2D eigenvalue weighted by molar-refractivity contribution is 7.92. The molecule has 0 unspecified atom stereocenters. The fourth-order valence-electron chi connectivity index (χ4n) is 5.21. The number of hydrogen-bond acceptors (Lipinski definition) is 5. The minimum atomic E-state index is -3.45. The van der Waals surface area contributed by atoms with Crippen LogP contribution in [0, 0.1) is 6.92 Å². The van der Waals surface area contributed by atoms with Gasteiger partial charge < -0.3 is 10.6 Å². The lowest BCUT2D eigenvalue weighted by atomic mass is 9.80. The van der Waals surface area contributed by atoms with Crippen molar-refractivity contribution in [3.8, 4) is 0 Å². The standard InChI is InChI=1S/C27H36N4O4S/c1-19-13-22(15-25(14-19)30(2)36(3,34)35)27(33)28-16-26(32)29-23-17-31(18-23)24-11-9-21(10-12-24)20-7-5-4-6-8-20/h4-8,13-15,21,23-24H,9-12,16-18H2,1-3H3,(H,28,33)(H,29,32). The Hall–Kier alpha value is -2.91. The largest absolute Gasteiger partial charge is 0.349 e. The van der Waals surface area contributed by atoms with Crippen LogP contribution in [-0.4, -0.2) is 70.2 Å². The van der Waals surface area contributed by atoms with Gasteiger partial charge in [-0.3, -0.25) is 18.8 Å². The third-order valence-corrected chi connectivity index (χ3v) is 8.56. The van der Waals surface area contributed by atoms with Crippen molar-refractivity contribution in [2.24, 2.45) is 0 Å². The molecule has 8 nitrogen and oxygen atoms in total. The van der Waals surface area contributed by atoms with Gasteiger partial charge in [0.25, 0.3) is 5.91 Å². The van der Waals surface area contributed by atoms with E-state index in [1.165, 1.54) is 44.4 Å². The average molecular weight is 513 g/mol. The van der Waals surface area contributed by atoms with Crippen LogP contribution in [-0.2, 0) is 14.8 Å². The second-order valence-electron chi connectivity index (χ2n) is 10.1. The van der Waals surface area contributed by atoms with Gasteiger partial charge in [0.15, 0.2) is 0 Å². The van der Waals surface area contributed by atoms with Gasteiger partial charge in [-0.05, 0) is 67.9 Å². The molecule has 2 aromatic carbocycles. The molecule has 1 heterocycles. The van der Waals surface area contributed by atoms with Gasteiger partial charge in [0.2, 0.25) is 15.9 Å². The van der Waals surface area contributed by atoms with Crippen LogP contribution in [0.5, 0.6) is 0 Å². The molecule has 0 aromatic heterocycles. The van der Waals surface area contributed by atoms with Gasteiger partial charge in [-0.25, -0.2) is 8.42 Å². The molecule has 1 saturated heterocycles. The number of carbonyl (C=O) groups excluding carboxylic acids is 2. The summed E-state index contributed by atoms with van der Waals surface area (Å²) in [5, 5.41) is 5.65. The summed E-state index contributed by atoms with van der Waals surface area (Å²) in [6.07, 6.45) is 5.88. The Morgan fingerprint density at radius 3 is 2.33 bits per heavy atom. The van der Waals surface area contributed by atoms with Crippen molar-refractivity contribution >= 4 is 27.5 Å². The highest BCUT2D eigenvalue weighted by atomic mass is 32.2. The molecule has 2 N–H and O–H groups in total. The molecule has 36 heavy (non-hydrogen) atoms. The van der Waals surface area contributed by atoms with E-state index in [1.54, 1.807) is 19.1 Å². The minimum absolute atomic E-state index is 0.107. The summed E-state index contributed by atoms with van der Waals surface area (Å²) in [6, 6.07) is 16.3. The molecule has 0 atom stereocenters. The predicted molar refractivity (Wildman–Crippen MR) is 142 cm³/mol. The Labute approximate surface area is 214 Å². The SMILES string of the molecule is Cc1cc(C(=O)NCC(=O)NC2CN(C3CCC(c4ccccc4)CC3)C2)cc(N(C)S(C)(=O)=O)c1. The van der Waals surface area contributed by atoms with E-state index in [1.807, 2.05) is 0 Å². The highest BCUT2D eigenvalue weighted by Gasteiger charge is 2.35. The molecule has 2 fully saturated rings. The van der Waals surface area contributed by atoms with Crippen molar-refractivity contribution < 1.29 is 18.0 Å². The van der Waals surface area contributed by atoms with E-state index in [9.17, 15) is 18.0 Å². The third kappa shape index (κ3) is 6.44. The number of aryl methyl sites for hydroxylation is 1. The van der Waals surface area contributed by atoms with E-state index in [4.69, 9.17) is 0 Å². The maximum atomic E-state index is 12.6. The highest BCUT2D eigenvalue weighted by Crippen LogP contribution is 2.35. The van der Waals surface area contributed by atoms with Crippen LogP contribution in [0.15, 0.2) is 48.5 Å². The Balaban J connectivity index is 1.19. The zero-order valence-corrected chi connectivity index (χ0v) is 22.1. The first-order valence-corrected chi connectivity index (χ1v) is 14.4. The van der Waals surface area contributed by atoms with Gasteiger partial charge in [-0.15, -0.1) is 0 Å². The van der Waals surface area contributed by atoms with Crippen LogP contribution >= 0.6 is 0 Å². The van der Waals surface area contributed by atoms with Gasteiger partial charge in [0.05, 0.1) is 24.5 Å². The molecule has 1 aliphatic carbocycles. The molecule has 2 aromatic rings. The minimum Gasteiger partial charge on any atom is -0.349 e. The van der Waals surface area contributed by atoms with Gasteiger partial charge >= 0.3 is 0 Å². The fraction of sp³-hybridized carbons (Fsp3) is 0.481. The topological polar surface area (TPSA) is 98.8 Å². The molecule has 0 spiro atoms. The fourth-order valence-corrected chi connectivity index (χ4v) is 5.70. The quantitative estimate of drug-likeness (QED) is 0.567. The second kappa shape index (κ2) is 11.0. The van der Waals surface area contributed by atoms with E-state index in [0.717, 1.165) is 29.2 Å². The Kier molecular flexibility index (Phi) is 8.00. The summed E-state index contributed by atoms with van der Waals surface area (Å²) in [4.78, 5) is 27.5. The van der Waals surface area contributed by atoms with Crippen LogP contribution < -0.4 is 14.9 Å². The molecule has 2 aliphatic rings. The van der Waals surface area contributed by atoms with E-state index in [-0.39, 0.29) is 18.5 Å². The number of nitrogens with one attached hydrogen (secondary N) is 2. The number of nitrogens with zero attached hydrogens (tertiary/aromatic N) is 2. The number of hydrogen-bond donors (Lipinski definition) is 2. The summed E-state index contributed by atoms with van der Waals surface area (Å²) in [6.45, 7) is 3.36. The summed E-state index contributed by atoms with van der Waals surface area (Å²) < 4.78 is 24.8. The zero-order chi connectivity index (χ0) is 25.9. The molecule has 1 saturated carbocycles. The molecule has 194 valence electrons. The van der Waals surface area contributed by atoms with Crippen molar-refractivity contribution in [3.05, 3.63) is 65.2 Å². The smallest absolute Gasteiger partial charge is 0.251 e. The maximum Gasteiger partial charge on any atom is 0.251 e. The Morgan fingerprint density at radius 2 is 1.69 bits per heavy atom. The van der Waals surface area contributed by atoms with E-state index < -0.39 is 15.9 Å². The van der Waals surface area contributed by atoms with Crippen molar-refractivity contribution in [1.29, 1.82) is 0 Å². The number of rotatable bonds is 8. The van der Waals surface area contributed by atoms with Gasteiger partial charge in [-0.2, -0.15) is 0 Å². The van der Waals surface area contributed by atoms with E-state index >= 15 is 0 Å². The first kappa shape index (κ1) is 26.2. The van der Waals surface area contributed by atoms with Crippen LogP contribution in [0.3, 0.4) is 0 Å². The summed E-state index contributed by atoms with van der Waals surface area (Å²) in [5.41, 5.74) is 2.91. The molecule has 0 bridgehead atoms. The van der Waals surface area contributed by atoms with Crippen LogP contribution in [0.2, 0.25) is 0 Å². The monoisotopic (exact) mass is 512 g/mol. The molecule has 0 radical (unpaired) electrons. The van der Waals surface area contributed by atoms with Crippen molar-refractivity contribution in [3.63, 3.8) is 0 Å². The number of amides is 2. The molecule has 2 amide bonds. The number of sulfonamides is 1. The average Bonchev–Trinajstić information content (AvgIpc) is 2.83. The van der Waals surface area contributed by atoms with E-state index in [0.29, 0.717) is 23.2 Å². The van der Waals surface area contributed by atoms with Gasteiger partial charge in [-0.1, -0.05) is 30.3 Å². The molecular weight excluding hydrogens is 476 g/mol. The second-order valence-corrected chi connectivity index (χ2v) is 12.1. The summed E-state index contributed by atoms with van der Waals surface area (Å²) >= 11 is 0. The van der Waals surface area contributed by atoms with Crippen molar-refractivity contribution in [1.82, 2.24) is 15.5 Å². The van der Waals surface area contributed by atoms with Gasteiger partial charge in [0.1, 0.15) is 0 Å². The Bertz CT molecular complexity index is 1190.